The van der Waals surface area contributed by atoms with Crippen LogP contribution in [0.3, 0.4) is 0 Å². The number of benzene rings is 2. The van der Waals surface area contributed by atoms with E-state index in [9.17, 15) is 9.18 Å². The molecule has 1 aromatic heterocycles. The average Bonchev–Trinajstić information content (AvgIpc) is 3.13. The van der Waals surface area contributed by atoms with Crippen LogP contribution in [0.4, 0.5) is 9.18 Å². The van der Waals surface area contributed by atoms with Gasteiger partial charge in [0.2, 0.25) is 5.88 Å². The summed E-state index contributed by atoms with van der Waals surface area (Å²) in [6.45, 7) is 2.92. The van der Waals surface area contributed by atoms with Crippen molar-refractivity contribution < 1.29 is 13.9 Å². The minimum atomic E-state index is -0.417. The molecule has 144 valence electrons. The average molecular weight is 379 g/mol. The van der Waals surface area contributed by atoms with Crippen molar-refractivity contribution in [3.05, 3.63) is 71.2 Å². The Labute approximate surface area is 163 Å². The highest BCUT2D eigenvalue weighted by atomic mass is 19.1. The molecule has 3 aromatic rings. The van der Waals surface area contributed by atoms with Gasteiger partial charge < -0.3 is 9.64 Å². The van der Waals surface area contributed by atoms with Gasteiger partial charge >= 0.3 is 6.09 Å². The Morgan fingerprint density at radius 2 is 1.96 bits per heavy atom. The van der Waals surface area contributed by atoms with Crippen LogP contribution in [-0.4, -0.2) is 34.3 Å². The van der Waals surface area contributed by atoms with Gasteiger partial charge in [-0.2, -0.15) is 5.10 Å². The van der Waals surface area contributed by atoms with Crippen molar-refractivity contribution in [2.24, 2.45) is 0 Å². The number of carbonyl (C=O) groups excluding carboxylic acids is 1. The molecule has 1 heterocycles. The van der Waals surface area contributed by atoms with Crippen molar-refractivity contribution in [3.63, 3.8) is 0 Å². The van der Waals surface area contributed by atoms with E-state index < -0.39 is 6.09 Å². The molecule has 28 heavy (non-hydrogen) atoms. The highest BCUT2D eigenvalue weighted by Crippen LogP contribution is 2.38. The predicted octanol–water partition coefficient (Wildman–Crippen LogP) is 4.38. The predicted molar refractivity (Wildman–Crippen MR) is 105 cm³/mol. The Kier molecular flexibility index (Phi) is 5.10. The van der Waals surface area contributed by atoms with Gasteiger partial charge in [0.1, 0.15) is 5.82 Å². The zero-order valence-corrected chi connectivity index (χ0v) is 15.7. The molecule has 2 aromatic carbocycles. The number of hydrogen-bond acceptors (Lipinski definition) is 3. The molecule has 0 aliphatic heterocycles. The summed E-state index contributed by atoms with van der Waals surface area (Å²) < 4.78 is 18.7. The maximum absolute atomic E-state index is 13.0. The summed E-state index contributed by atoms with van der Waals surface area (Å²) in [7, 11) is 0. The van der Waals surface area contributed by atoms with Gasteiger partial charge in [0.25, 0.3) is 0 Å². The molecule has 0 saturated carbocycles. The number of aromatic amines is 1. The monoisotopic (exact) mass is 379 g/mol. The minimum Gasteiger partial charge on any atom is -0.391 e. The van der Waals surface area contributed by atoms with Crippen molar-refractivity contribution in [2.45, 2.75) is 26.2 Å². The fourth-order valence-corrected chi connectivity index (χ4v) is 3.57. The number of ether oxygens (including phenoxy) is 1. The number of hydrogen-bond donors (Lipinski definition) is 1. The van der Waals surface area contributed by atoms with Crippen LogP contribution in [-0.2, 0) is 19.3 Å². The number of nitrogens with zero attached hydrogens (tertiary/aromatic N) is 2. The third-order valence-electron chi connectivity index (χ3n) is 5.14. The molecule has 0 unspecified atom stereocenters. The summed E-state index contributed by atoms with van der Waals surface area (Å²) in [6.07, 6.45) is 1.97. The Hall–Kier alpha value is -3.15. The van der Waals surface area contributed by atoms with E-state index in [-0.39, 0.29) is 5.82 Å². The second-order valence-corrected chi connectivity index (χ2v) is 6.86. The van der Waals surface area contributed by atoms with E-state index in [0.29, 0.717) is 25.4 Å². The molecule has 0 fully saturated rings. The first-order valence-electron chi connectivity index (χ1n) is 9.52. The van der Waals surface area contributed by atoms with Crippen LogP contribution in [0.25, 0.3) is 11.1 Å². The van der Waals surface area contributed by atoms with Crippen molar-refractivity contribution in [3.8, 4) is 17.0 Å². The van der Waals surface area contributed by atoms with Crippen molar-refractivity contribution >= 4 is 6.09 Å². The second kappa shape index (κ2) is 7.84. The third kappa shape index (κ3) is 3.63. The number of carbonyl (C=O) groups is 1. The quantitative estimate of drug-likeness (QED) is 0.716. The molecule has 0 atom stereocenters. The van der Waals surface area contributed by atoms with E-state index in [1.54, 1.807) is 17.0 Å². The molecule has 0 saturated heterocycles. The SMILES string of the molecule is CCN(CCc1ccc(F)cc1)C(=O)Oc1[nH]nc2c1-c1ccccc1CC2. The summed E-state index contributed by atoms with van der Waals surface area (Å²) in [5, 5.41) is 7.22. The molecule has 1 aliphatic rings. The Morgan fingerprint density at radius 1 is 1.18 bits per heavy atom. The Bertz CT molecular complexity index is 982. The molecular formula is C22H22FN3O2. The lowest BCUT2D eigenvalue weighted by molar-refractivity contribution is 0.153. The van der Waals surface area contributed by atoms with Crippen LogP contribution in [0.1, 0.15) is 23.7 Å². The molecule has 5 nitrogen and oxygen atoms in total. The molecule has 1 aliphatic carbocycles. The molecular weight excluding hydrogens is 357 g/mol. The van der Waals surface area contributed by atoms with Crippen molar-refractivity contribution in [1.82, 2.24) is 15.1 Å². The van der Waals surface area contributed by atoms with E-state index in [2.05, 4.69) is 16.3 Å². The van der Waals surface area contributed by atoms with Gasteiger partial charge in [0.15, 0.2) is 0 Å². The van der Waals surface area contributed by atoms with Crippen molar-refractivity contribution in [1.29, 1.82) is 0 Å². The lowest BCUT2D eigenvalue weighted by Crippen LogP contribution is -2.35. The molecule has 1 N–H and O–H groups in total. The first-order chi connectivity index (χ1) is 13.7. The second-order valence-electron chi connectivity index (χ2n) is 6.86. The van der Waals surface area contributed by atoms with Crippen LogP contribution in [0, 0.1) is 5.82 Å². The van der Waals surface area contributed by atoms with Crippen LogP contribution in [0.2, 0.25) is 0 Å². The first kappa shape index (κ1) is 18.2. The number of fused-ring (bicyclic) bond motifs is 3. The van der Waals surface area contributed by atoms with Crippen molar-refractivity contribution in [2.75, 3.05) is 13.1 Å². The normalized spacial score (nSPS) is 12.2. The van der Waals surface area contributed by atoms with Gasteiger partial charge in [-0.05, 0) is 55.0 Å². The number of aryl methyl sites for hydroxylation is 2. The van der Waals surface area contributed by atoms with E-state index >= 15 is 0 Å². The van der Waals surface area contributed by atoms with E-state index in [4.69, 9.17) is 4.74 Å². The first-order valence-corrected chi connectivity index (χ1v) is 9.52. The zero-order chi connectivity index (χ0) is 19.5. The van der Waals surface area contributed by atoms with Gasteiger partial charge in [-0.15, -0.1) is 0 Å². The maximum Gasteiger partial charge on any atom is 0.416 e. The lowest BCUT2D eigenvalue weighted by Gasteiger charge is -2.21. The van der Waals surface area contributed by atoms with Crippen LogP contribution in [0.15, 0.2) is 48.5 Å². The fraction of sp³-hybridized carbons (Fsp3) is 0.273. The van der Waals surface area contributed by atoms with Gasteiger partial charge in [0.05, 0.1) is 11.3 Å². The molecule has 1 amide bonds. The summed E-state index contributed by atoms with van der Waals surface area (Å²) in [4.78, 5) is 14.3. The smallest absolute Gasteiger partial charge is 0.391 e. The van der Waals surface area contributed by atoms with Crippen LogP contribution < -0.4 is 4.74 Å². The summed E-state index contributed by atoms with van der Waals surface area (Å²) in [5.41, 5.74) is 5.08. The summed E-state index contributed by atoms with van der Waals surface area (Å²) in [6, 6.07) is 14.5. The summed E-state index contributed by atoms with van der Waals surface area (Å²) >= 11 is 0. The number of H-pyrrole nitrogens is 1. The Morgan fingerprint density at radius 3 is 2.75 bits per heavy atom. The topological polar surface area (TPSA) is 58.2 Å². The van der Waals surface area contributed by atoms with E-state index in [1.807, 2.05) is 25.1 Å². The van der Waals surface area contributed by atoms with Gasteiger partial charge in [-0.25, -0.2) is 14.3 Å². The zero-order valence-electron chi connectivity index (χ0n) is 15.7. The number of likely N-dealkylation sites (N-methyl/N-ethyl adjacent to an activating group) is 1. The molecule has 0 spiro atoms. The van der Waals surface area contributed by atoms with Gasteiger partial charge in [0, 0.05) is 13.1 Å². The third-order valence-corrected chi connectivity index (χ3v) is 5.14. The van der Waals surface area contributed by atoms with Gasteiger partial charge in [-0.3, -0.25) is 0 Å². The van der Waals surface area contributed by atoms with Gasteiger partial charge in [-0.1, -0.05) is 36.4 Å². The number of halogens is 1. The number of amides is 1. The summed E-state index contributed by atoms with van der Waals surface area (Å²) in [5.74, 6) is 0.132. The number of aromatic nitrogens is 2. The van der Waals surface area contributed by atoms with E-state index in [0.717, 1.165) is 35.2 Å². The number of nitrogens with one attached hydrogen (secondary N) is 1. The molecule has 4 rings (SSSR count). The fourth-order valence-electron chi connectivity index (χ4n) is 3.57. The lowest BCUT2D eigenvalue weighted by atomic mass is 9.90. The number of rotatable bonds is 5. The highest BCUT2D eigenvalue weighted by molar-refractivity contribution is 5.79. The Balaban J connectivity index is 1.48. The maximum atomic E-state index is 13.0. The highest BCUT2D eigenvalue weighted by Gasteiger charge is 2.25. The molecule has 0 bridgehead atoms. The van der Waals surface area contributed by atoms with Crippen LogP contribution in [0.5, 0.6) is 5.88 Å². The van der Waals surface area contributed by atoms with Crippen LogP contribution >= 0.6 is 0 Å². The molecule has 0 radical (unpaired) electrons. The molecule has 6 heteroatoms. The van der Waals surface area contributed by atoms with E-state index in [1.165, 1.54) is 17.7 Å². The standard InChI is InChI=1S/C22H22FN3O2/c1-2-26(14-13-15-7-10-17(23)11-8-15)22(27)28-21-20-18-6-4-3-5-16(18)9-12-19(20)24-25-21/h3-8,10-11H,2,9,12-14H2,1H3,(H,24,25). The minimum absolute atomic E-state index is 0.264. The largest absolute Gasteiger partial charge is 0.416 e.